The van der Waals surface area contributed by atoms with Crippen LogP contribution in [0.4, 0.5) is 4.79 Å². The molecule has 3 N–H and O–H groups in total. The minimum Gasteiger partial charge on any atom is -0.452 e. The zero-order valence-electron chi connectivity index (χ0n) is 28.0. The summed E-state index contributed by atoms with van der Waals surface area (Å²) in [6, 6.07) is 22.2. The molecule has 2 aromatic heterocycles. The predicted octanol–water partition coefficient (Wildman–Crippen LogP) is 7.05. The number of hydrazine groups is 1. The molecule has 0 bridgehead atoms. The van der Waals surface area contributed by atoms with Crippen molar-refractivity contribution in [2.24, 2.45) is 17.8 Å². The molecule has 250 valence electrons. The van der Waals surface area contributed by atoms with E-state index in [4.69, 9.17) is 9.72 Å². The van der Waals surface area contributed by atoms with E-state index in [0.717, 1.165) is 70.0 Å². The van der Waals surface area contributed by atoms with E-state index in [9.17, 15) is 9.59 Å². The summed E-state index contributed by atoms with van der Waals surface area (Å²) in [5.41, 5.74) is 6.48. The quantitative estimate of drug-likeness (QED) is 0.146. The molecule has 4 heterocycles. The number of H-pyrrole nitrogens is 2. The van der Waals surface area contributed by atoms with E-state index < -0.39 is 12.1 Å². The van der Waals surface area contributed by atoms with Gasteiger partial charge in [0.25, 0.3) is 0 Å². The van der Waals surface area contributed by atoms with Gasteiger partial charge < -0.3 is 24.8 Å². The van der Waals surface area contributed by atoms with Crippen LogP contribution in [0.25, 0.3) is 44.4 Å². The fourth-order valence-electron chi connectivity index (χ4n) is 8.22. The summed E-state index contributed by atoms with van der Waals surface area (Å²) >= 11 is 0. The fourth-order valence-corrected chi connectivity index (χ4v) is 8.22. The van der Waals surface area contributed by atoms with Crippen LogP contribution in [0.5, 0.6) is 0 Å². The van der Waals surface area contributed by atoms with Crippen molar-refractivity contribution >= 4 is 23.2 Å². The van der Waals surface area contributed by atoms with Crippen LogP contribution >= 0.6 is 0 Å². The van der Waals surface area contributed by atoms with E-state index in [0.29, 0.717) is 18.0 Å². The van der Waals surface area contributed by atoms with Crippen LogP contribution in [-0.2, 0) is 9.53 Å². The second-order valence-corrected chi connectivity index (χ2v) is 14.7. The number of amides is 1. The highest BCUT2D eigenvalue weighted by molar-refractivity contribution is 5.90. The van der Waals surface area contributed by atoms with Gasteiger partial charge in [-0.2, -0.15) is 0 Å². The van der Waals surface area contributed by atoms with Crippen LogP contribution in [-0.4, -0.2) is 67.6 Å². The molecule has 7 atom stereocenters. The monoisotopic (exact) mass is 655 g/mol. The number of aromatic amines is 2. The lowest BCUT2D eigenvalue weighted by atomic mass is 9.98. The first kappa shape index (κ1) is 30.3. The van der Waals surface area contributed by atoms with Crippen LogP contribution in [0.15, 0.2) is 73.1 Å². The summed E-state index contributed by atoms with van der Waals surface area (Å²) in [6.45, 7) is 3.89. The van der Waals surface area contributed by atoms with E-state index in [2.05, 4.69) is 85.9 Å². The molecule has 1 amide bonds. The molecule has 10 nitrogen and oxygen atoms in total. The van der Waals surface area contributed by atoms with Gasteiger partial charge in [-0.1, -0.05) is 62.4 Å². The van der Waals surface area contributed by atoms with Gasteiger partial charge in [0.15, 0.2) is 0 Å². The van der Waals surface area contributed by atoms with E-state index in [1.807, 2.05) is 26.2 Å². The van der Waals surface area contributed by atoms with E-state index in [-0.39, 0.29) is 18.0 Å². The molecule has 4 aliphatic rings. The first-order valence-electron chi connectivity index (χ1n) is 17.5. The predicted molar refractivity (Wildman–Crippen MR) is 187 cm³/mol. The van der Waals surface area contributed by atoms with Crippen molar-refractivity contribution in [1.29, 1.82) is 0 Å². The number of hydrogen-bond acceptors (Lipinski definition) is 7. The van der Waals surface area contributed by atoms with Crippen LogP contribution < -0.4 is 5.32 Å². The average Bonchev–Trinajstić information content (AvgIpc) is 3.69. The van der Waals surface area contributed by atoms with Crippen LogP contribution in [0.1, 0.15) is 63.3 Å². The van der Waals surface area contributed by atoms with Gasteiger partial charge in [0.2, 0.25) is 0 Å². The van der Waals surface area contributed by atoms with Crippen LogP contribution in [0.2, 0.25) is 0 Å². The normalized spacial score (nSPS) is 26.0. The molecule has 49 heavy (non-hydrogen) atoms. The third kappa shape index (κ3) is 5.34. The zero-order valence-corrected chi connectivity index (χ0v) is 28.0. The lowest BCUT2D eigenvalue weighted by Crippen LogP contribution is -2.55. The summed E-state index contributed by atoms with van der Waals surface area (Å²) in [7, 11) is 1.36. The Hall–Kier alpha value is -4.80. The molecule has 4 fully saturated rings. The third-order valence-corrected chi connectivity index (χ3v) is 11.2. The van der Waals surface area contributed by atoms with E-state index >= 15 is 0 Å². The van der Waals surface area contributed by atoms with E-state index in [1.165, 1.54) is 36.1 Å². The number of ether oxygens (including phenoxy) is 1. The maximum absolute atomic E-state index is 13.0. The number of nitrogens with one attached hydrogen (secondary N) is 3. The molecule has 0 unspecified atom stereocenters. The first-order chi connectivity index (χ1) is 23.9. The second kappa shape index (κ2) is 11.7. The smallest absolute Gasteiger partial charge is 0.424 e. The Balaban J connectivity index is 0.926. The molecular formula is C39H41N7O3. The summed E-state index contributed by atoms with van der Waals surface area (Å²) in [6.07, 6.45) is 8.53. The van der Waals surface area contributed by atoms with Gasteiger partial charge >= 0.3 is 6.09 Å². The third-order valence-electron chi connectivity index (χ3n) is 11.2. The average molecular weight is 656 g/mol. The molecule has 2 aliphatic carbocycles. The Morgan fingerprint density at radius 1 is 0.837 bits per heavy atom. The van der Waals surface area contributed by atoms with Crippen molar-refractivity contribution in [3.63, 3.8) is 0 Å². The van der Waals surface area contributed by atoms with Gasteiger partial charge in [0.05, 0.1) is 43.0 Å². The number of carbonyl (C=O) groups excluding carboxylic acids is 2. The van der Waals surface area contributed by atoms with Crippen molar-refractivity contribution in [2.75, 3.05) is 7.11 Å². The number of imidazole rings is 2. The molecule has 2 saturated heterocycles. The largest absolute Gasteiger partial charge is 0.452 e. The number of methoxy groups -OCH3 is 1. The van der Waals surface area contributed by atoms with Crippen molar-refractivity contribution < 1.29 is 14.3 Å². The number of benzene rings is 3. The number of nitrogens with zero attached hydrogens (tertiary/aromatic N) is 4. The molecular weight excluding hydrogens is 614 g/mol. The zero-order chi connectivity index (χ0) is 33.4. The van der Waals surface area contributed by atoms with Gasteiger partial charge in [0, 0.05) is 17.6 Å². The van der Waals surface area contributed by atoms with Crippen molar-refractivity contribution in [3.05, 3.63) is 84.7 Å². The van der Waals surface area contributed by atoms with Crippen LogP contribution in [0, 0.1) is 17.8 Å². The van der Waals surface area contributed by atoms with Gasteiger partial charge in [-0.3, -0.25) is 0 Å². The number of rotatable bonds is 9. The van der Waals surface area contributed by atoms with Gasteiger partial charge in [0.1, 0.15) is 24.0 Å². The molecule has 0 radical (unpaired) electrons. The molecule has 2 aliphatic heterocycles. The van der Waals surface area contributed by atoms with E-state index in [1.54, 1.807) is 0 Å². The topological polar surface area (TPSA) is 119 Å². The number of piperidine rings is 2. The fraction of sp³-hybridized carbons (Fsp3) is 0.385. The minimum atomic E-state index is -0.610. The minimum absolute atomic E-state index is 0.0560. The molecule has 0 spiro atoms. The molecule has 2 saturated carbocycles. The number of carbonyl (C=O) groups is 2. The number of aromatic nitrogens is 4. The molecule has 3 aromatic carbocycles. The molecule has 5 aromatic rings. The lowest BCUT2D eigenvalue weighted by Gasteiger charge is -2.40. The molecule has 9 rings (SSSR count). The first-order valence-corrected chi connectivity index (χ1v) is 17.5. The molecule has 10 heteroatoms. The van der Waals surface area contributed by atoms with Gasteiger partial charge in [-0.25, -0.2) is 24.8 Å². The highest BCUT2D eigenvalue weighted by Crippen LogP contribution is 2.54. The SMILES string of the molecule is COC(=O)N([C@H](C=O)C(C)C)N1[C@@H]2C[C@@H]2C[C@H]1c1ncc(-c2ccc3cc(-c4ccc(-c5cnc([C@@H]6C[C@H]7C[C@H]7N6)[nH]5)cc4)ccc3c2)[nH]1. The Kier molecular flexibility index (Phi) is 7.21. The Labute approximate surface area is 285 Å². The van der Waals surface area contributed by atoms with Crippen molar-refractivity contribution in [3.8, 4) is 33.6 Å². The van der Waals surface area contributed by atoms with Gasteiger partial charge in [-0.15, -0.1) is 0 Å². The Morgan fingerprint density at radius 3 is 2.18 bits per heavy atom. The van der Waals surface area contributed by atoms with Crippen LogP contribution in [0.3, 0.4) is 0 Å². The lowest BCUT2D eigenvalue weighted by molar-refractivity contribution is -0.126. The number of hydrogen-bond donors (Lipinski definition) is 3. The maximum Gasteiger partial charge on any atom is 0.424 e. The summed E-state index contributed by atoms with van der Waals surface area (Å²) < 4.78 is 5.16. The summed E-state index contributed by atoms with van der Waals surface area (Å²) in [5, 5.41) is 9.56. The number of aldehydes is 1. The van der Waals surface area contributed by atoms with Gasteiger partial charge in [-0.05, 0) is 83.0 Å². The highest BCUT2D eigenvalue weighted by Gasteiger charge is 2.57. The number of fused-ring (bicyclic) bond motifs is 3. The summed E-state index contributed by atoms with van der Waals surface area (Å²) in [4.78, 5) is 41.7. The van der Waals surface area contributed by atoms with Crippen molar-refractivity contribution in [1.82, 2.24) is 35.3 Å². The second-order valence-electron chi connectivity index (χ2n) is 14.7. The summed E-state index contributed by atoms with van der Waals surface area (Å²) in [5.74, 6) is 3.09. The maximum atomic E-state index is 13.0. The highest BCUT2D eigenvalue weighted by atomic mass is 16.5. The Morgan fingerprint density at radius 2 is 1.49 bits per heavy atom. The standard InChI is InChI=1S/C39H41N7O3/c1-21(2)36(20-47)46(39(48)49-3)45-34-16-29(34)17-35(45)38-41-19-33(44-38)27-11-10-25-12-24(8-9-26(25)13-27)22-4-6-23(7-5-22)32-18-40-37(43-32)31-15-28-14-30(28)42-31/h4-13,18-21,28-31,34-36,42H,14-17H2,1-3H3,(H,40,43)(H,41,44)/t28-,29-,30-,31+,34-,35+,36-/m1/s1. The Bertz CT molecular complexity index is 2040. The van der Waals surface area contributed by atoms with Crippen molar-refractivity contribution in [2.45, 2.75) is 69.7 Å².